The van der Waals surface area contributed by atoms with E-state index in [0.717, 1.165) is 22.6 Å². The van der Waals surface area contributed by atoms with Gasteiger partial charge >= 0.3 is 0 Å². The summed E-state index contributed by atoms with van der Waals surface area (Å²) in [7, 11) is 0. The van der Waals surface area contributed by atoms with Gasteiger partial charge in [-0.15, -0.1) is 11.3 Å². The summed E-state index contributed by atoms with van der Waals surface area (Å²) < 4.78 is 5.65. The van der Waals surface area contributed by atoms with Gasteiger partial charge in [0.2, 0.25) is 0 Å². The summed E-state index contributed by atoms with van der Waals surface area (Å²) in [5, 5.41) is 4.86. The Balaban J connectivity index is 1.76. The maximum absolute atomic E-state index is 12.1. The van der Waals surface area contributed by atoms with E-state index in [0.29, 0.717) is 19.1 Å². The molecule has 0 fully saturated rings. The summed E-state index contributed by atoms with van der Waals surface area (Å²) in [5.74, 6) is 1.35. The standard InChI is InChI=1S/C18H23NO2S/c1-4-14-9-12-22-17(14)18(20)19-10-11-21-16-7-5-15(6-8-16)13(2)3/h5-9,12-13H,4,10-11H2,1-3H3,(H,19,20). The number of carbonyl (C=O) groups is 1. The van der Waals surface area contributed by atoms with Crippen molar-refractivity contribution >= 4 is 17.2 Å². The average Bonchev–Trinajstić information content (AvgIpc) is 3.00. The molecular formula is C18H23NO2S. The molecule has 118 valence electrons. The number of nitrogens with one attached hydrogen (secondary N) is 1. The summed E-state index contributed by atoms with van der Waals surface area (Å²) in [6.45, 7) is 7.37. The number of amides is 1. The highest BCUT2D eigenvalue weighted by molar-refractivity contribution is 7.12. The minimum Gasteiger partial charge on any atom is -0.492 e. The fraction of sp³-hybridized carbons (Fsp3) is 0.389. The van der Waals surface area contributed by atoms with Crippen molar-refractivity contribution in [3.63, 3.8) is 0 Å². The highest BCUT2D eigenvalue weighted by Gasteiger charge is 2.11. The number of aryl methyl sites for hydroxylation is 1. The maximum Gasteiger partial charge on any atom is 0.261 e. The molecule has 3 nitrogen and oxygen atoms in total. The fourth-order valence-corrected chi connectivity index (χ4v) is 3.09. The van der Waals surface area contributed by atoms with Crippen molar-refractivity contribution in [2.45, 2.75) is 33.1 Å². The number of rotatable bonds is 7. The van der Waals surface area contributed by atoms with Crippen LogP contribution in [0.3, 0.4) is 0 Å². The van der Waals surface area contributed by atoms with Crippen LogP contribution in [0.25, 0.3) is 0 Å². The first-order valence-corrected chi connectivity index (χ1v) is 8.57. The topological polar surface area (TPSA) is 38.3 Å². The third-order valence-electron chi connectivity index (χ3n) is 3.54. The predicted molar refractivity (Wildman–Crippen MR) is 92.1 cm³/mol. The van der Waals surface area contributed by atoms with E-state index < -0.39 is 0 Å². The van der Waals surface area contributed by atoms with E-state index >= 15 is 0 Å². The van der Waals surface area contributed by atoms with Gasteiger partial charge in [0.1, 0.15) is 12.4 Å². The molecule has 0 aliphatic rings. The highest BCUT2D eigenvalue weighted by atomic mass is 32.1. The smallest absolute Gasteiger partial charge is 0.261 e. The van der Waals surface area contributed by atoms with E-state index in [4.69, 9.17) is 4.74 Å². The Morgan fingerprint density at radius 1 is 1.23 bits per heavy atom. The molecule has 1 aromatic heterocycles. The lowest BCUT2D eigenvalue weighted by atomic mass is 10.0. The van der Waals surface area contributed by atoms with Crippen molar-refractivity contribution in [1.29, 1.82) is 0 Å². The van der Waals surface area contributed by atoms with Gasteiger partial charge in [0, 0.05) is 0 Å². The summed E-state index contributed by atoms with van der Waals surface area (Å²) in [5.41, 5.74) is 2.40. The third-order valence-corrected chi connectivity index (χ3v) is 4.49. The van der Waals surface area contributed by atoms with Gasteiger partial charge in [-0.3, -0.25) is 4.79 Å². The van der Waals surface area contributed by atoms with Gasteiger partial charge < -0.3 is 10.1 Å². The minimum absolute atomic E-state index is 0.00870. The Morgan fingerprint density at radius 2 is 1.95 bits per heavy atom. The maximum atomic E-state index is 12.1. The highest BCUT2D eigenvalue weighted by Crippen LogP contribution is 2.19. The molecule has 22 heavy (non-hydrogen) atoms. The van der Waals surface area contributed by atoms with E-state index in [1.807, 2.05) is 23.6 Å². The van der Waals surface area contributed by atoms with Crippen molar-refractivity contribution in [3.8, 4) is 5.75 Å². The molecule has 1 aromatic carbocycles. The molecule has 0 spiro atoms. The quantitative estimate of drug-likeness (QED) is 0.776. The van der Waals surface area contributed by atoms with Crippen LogP contribution in [-0.2, 0) is 6.42 Å². The molecule has 0 saturated heterocycles. The lowest BCUT2D eigenvalue weighted by molar-refractivity contribution is 0.0950. The first-order valence-electron chi connectivity index (χ1n) is 7.69. The Morgan fingerprint density at radius 3 is 2.59 bits per heavy atom. The molecule has 1 amide bonds. The van der Waals surface area contributed by atoms with Crippen LogP contribution in [0.5, 0.6) is 5.75 Å². The number of hydrogen-bond donors (Lipinski definition) is 1. The largest absolute Gasteiger partial charge is 0.492 e. The lowest BCUT2D eigenvalue weighted by Gasteiger charge is -2.09. The van der Waals surface area contributed by atoms with Crippen molar-refractivity contribution < 1.29 is 9.53 Å². The Kier molecular flexibility index (Phi) is 6.01. The molecule has 2 rings (SSSR count). The number of benzene rings is 1. The third kappa shape index (κ3) is 4.34. The van der Waals surface area contributed by atoms with E-state index in [-0.39, 0.29) is 5.91 Å². The fourth-order valence-electron chi connectivity index (χ4n) is 2.18. The van der Waals surface area contributed by atoms with Gasteiger partial charge in [0.05, 0.1) is 11.4 Å². The van der Waals surface area contributed by atoms with E-state index in [9.17, 15) is 4.79 Å². The SMILES string of the molecule is CCc1ccsc1C(=O)NCCOc1ccc(C(C)C)cc1. The summed E-state index contributed by atoms with van der Waals surface area (Å²) in [6.07, 6.45) is 0.880. The zero-order valence-electron chi connectivity index (χ0n) is 13.4. The Hall–Kier alpha value is -1.81. The number of carbonyl (C=O) groups excluding carboxylic acids is 1. The molecule has 0 aliphatic heterocycles. The zero-order valence-corrected chi connectivity index (χ0v) is 14.2. The molecule has 2 aromatic rings. The van der Waals surface area contributed by atoms with E-state index in [1.165, 1.54) is 16.9 Å². The number of ether oxygens (including phenoxy) is 1. The van der Waals surface area contributed by atoms with Crippen LogP contribution in [-0.4, -0.2) is 19.1 Å². The van der Waals surface area contributed by atoms with Crippen LogP contribution >= 0.6 is 11.3 Å². The first kappa shape index (κ1) is 16.6. The summed E-state index contributed by atoms with van der Waals surface area (Å²) in [6, 6.07) is 10.1. The van der Waals surface area contributed by atoms with Crippen molar-refractivity contribution in [2.75, 3.05) is 13.2 Å². The van der Waals surface area contributed by atoms with Crippen LogP contribution in [0.1, 0.15) is 47.5 Å². The normalized spacial score (nSPS) is 10.7. The molecule has 0 unspecified atom stereocenters. The molecular weight excluding hydrogens is 294 g/mol. The van der Waals surface area contributed by atoms with E-state index in [2.05, 4.69) is 38.2 Å². The second-order valence-electron chi connectivity index (χ2n) is 5.46. The van der Waals surface area contributed by atoms with Crippen LogP contribution in [0.4, 0.5) is 0 Å². The molecule has 0 atom stereocenters. The Bertz CT molecular complexity index is 602. The Labute approximate surface area is 136 Å². The predicted octanol–water partition coefficient (Wildman–Crippen LogP) is 4.24. The first-order chi connectivity index (χ1) is 10.6. The molecule has 1 heterocycles. The van der Waals surface area contributed by atoms with Crippen molar-refractivity contribution in [1.82, 2.24) is 5.32 Å². The molecule has 0 saturated carbocycles. The van der Waals surface area contributed by atoms with Gasteiger partial charge in [-0.2, -0.15) is 0 Å². The molecule has 0 bridgehead atoms. The molecule has 4 heteroatoms. The zero-order chi connectivity index (χ0) is 15.9. The number of hydrogen-bond acceptors (Lipinski definition) is 3. The molecule has 0 radical (unpaired) electrons. The van der Waals surface area contributed by atoms with Crippen LogP contribution in [0.2, 0.25) is 0 Å². The van der Waals surface area contributed by atoms with Crippen LogP contribution < -0.4 is 10.1 Å². The van der Waals surface area contributed by atoms with Gasteiger partial charge in [0.25, 0.3) is 5.91 Å². The van der Waals surface area contributed by atoms with Gasteiger partial charge in [-0.1, -0.05) is 32.9 Å². The molecule has 1 N–H and O–H groups in total. The van der Waals surface area contributed by atoms with E-state index in [1.54, 1.807) is 0 Å². The monoisotopic (exact) mass is 317 g/mol. The van der Waals surface area contributed by atoms with Crippen LogP contribution in [0.15, 0.2) is 35.7 Å². The lowest BCUT2D eigenvalue weighted by Crippen LogP contribution is -2.28. The summed E-state index contributed by atoms with van der Waals surface area (Å²) in [4.78, 5) is 12.9. The number of thiophene rings is 1. The van der Waals surface area contributed by atoms with Gasteiger partial charge in [-0.25, -0.2) is 0 Å². The van der Waals surface area contributed by atoms with Crippen molar-refractivity contribution in [3.05, 3.63) is 51.7 Å². The second kappa shape index (κ2) is 7.99. The second-order valence-corrected chi connectivity index (χ2v) is 6.37. The minimum atomic E-state index is -0.00870. The van der Waals surface area contributed by atoms with Gasteiger partial charge in [0.15, 0.2) is 0 Å². The average molecular weight is 317 g/mol. The van der Waals surface area contributed by atoms with Gasteiger partial charge in [-0.05, 0) is 47.0 Å². The molecule has 0 aliphatic carbocycles. The van der Waals surface area contributed by atoms with Crippen LogP contribution in [0, 0.1) is 0 Å². The summed E-state index contributed by atoms with van der Waals surface area (Å²) >= 11 is 1.49. The van der Waals surface area contributed by atoms with Crippen molar-refractivity contribution in [2.24, 2.45) is 0 Å².